The Labute approximate surface area is 193 Å². The van der Waals surface area contributed by atoms with Gasteiger partial charge in [0, 0.05) is 18.9 Å². The molecule has 1 amide bonds. The Bertz CT molecular complexity index is 1180. The average molecular weight is 471 g/mol. The normalized spacial score (nSPS) is 12.0. The van der Waals surface area contributed by atoms with Crippen molar-refractivity contribution in [1.29, 1.82) is 0 Å². The van der Waals surface area contributed by atoms with Crippen molar-refractivity contribution in [3.8, 4) is 17.2 Å². The molecule has 0 aliphatic carbocycles. The number of amides is 1. The highest BCUT2D eigenvalue weighted by Crippen LogP contribution is 2.30. The van der Waals surface area contributed by atoms with Gasteiger partial charge < -0.3 is 19.5 Å². The van der Waals surface area contributed by atoms with Crippen LogP contribution in [0.3, 0.4) is 0 Å². The lowest BCUT2D eigenvalue weighted by Crippen LogP contribution is -2.33. The summed E-state index contributed by atoms with van der Waals surface area (Å²) < 4.78 is 42.4. The summed E-state index contributed by atoms with van der Waals surface area (Å²) in [5.74, 6) is 1.30. The second-order valence-corrected chi connectivity index (χ2v) is 9.30. The molecule has 0 bridgehead atoms. The maximum atomic E-state index is 13.4. The molecule has 0 radical (unpaired) electrons. The van der Waals surface area contributed by atoms with Crippen molar-refractivity contribution in [2.75, 3.05) is 27.9 Å². The van der Waals surface area contributed by atoms with Crippen molar-refractivity contribution < 1.29 is 27.4 Å². The number of sulfone groups is 1. The van der Waals surface area contributed by atoms with Crippen LogP contribution in [0.2, 0.25) is 0 Å². The van der Waals surface area contributed by atoms with Crippen molar-refractivity contribution in [2.24, 2.45) is 0 Å². The molecule has 1 aromatic heterocycles. The number of nitrogens with zero attached hydrogens (tertiary/aromatic N) is 1. The zero-order valence-corrected chi connectivity index (χ0v) is 19.5. The Morgan fingerprint density at radius 3 is 2.30 bits per heavy atom. The van der Waals surface area contributed by atoms with Crippen LogP contribution in [-0.4, -0.2) is 47.2 Å². The van der Waals surface area contributed by atoms with Gasteiger partial charge in [0.25, 0.3) is 0 Å². The van der Waals surface area contributed by atoms with Crippen LogP contribution in [0.25, 0.3) is 0 Å². The first kappa shape index (κ1) is 24.1. The molecule has 3 rings (SSSR count). The van der Waals surface area contributed by atoms with Gasteiger partial charge in [-0.2, -0.15) is 0 Å². The average Bonchev–Trinajstić information content (AvgIpc) is 2.84. The summed E-state index contributed by atoms with van der Waals surface area (Å²) in [6.45, 7) is -0.105. The first-order valence-corrected chi connectivity index (χ1v) is 11.7. The van der Waals surface area contributed by atoms with E-state index in [1.165, 1.54) is 39.7 Å². The SMILES string of the molecule is COc1ccc(S(=O)(=O)C(CNC(=O)Cc2ccc(OC)c(OC)c2)c2cccnc2)cc1. The van der Waals surface area contributed by atoms with E-state index in [4.69, 9.17) is 14.2 Å². The van der Waals surface area contributed by atoms with Crippen LogP contribution in [-0.2, 0) is 21.1 Å². The third-order valence-electron chi connectivity index (χ3n) is 5.12. The molecule has 0 aliphatic heterocycles. The first-order chi connectivity index (χ1) is 15.9. The largest absolute Gasteiger partial charge is 0.497 e. The number of rotatable bonds is 10. The quantitative estimate of drug-likeness (QED) is 0.486. The van der Waals surface area contributed by atoms with E-state index in [-0.39, 0.29) is 23.8 Å². The van der Waals surface area contributed by atoms with Crippen LogP contribution in [0.1, 0.15) is 16.4 Å². The monoisotopic (exact) mass is 470 g/mol. The highest BCUT2D eigenvalue weighted by molar-refractivity contribution is 7.91. The predicted octanol–water partition coefficient (Wildman–Crippen LogP) is 2.98. The van der Waals surface area contributed by atoms with Crippen LogP contribution in [0, 0.1) is 0 Å². The summed E-state index contributed by atoms with van der Waals surface area (Å²) in [7, 11) is 0.748. The van der Waals surface area contributed by atoms with E-state index >= 15 is 0 Å². The number of nitrogens with one attached hydrogen (secondary N) is 1. The van der Waals surface area contributed by atoms with Crippen LogP contribution < -0.4 is 19.5 Å². The fourth-order valence-corrected chi connectivity index (χ4v) is 4.99. The lowest BCUT2D eigenvalue weighted by atomic mass is 10.1. The molecule has 9 heteroatoms. The second-order valence-electron chi connectivity index (χ2n) is 7.17. The molecule has 1 heterocycles. The number of methoxy groups -OCH3 is 3. The summed E-state index contributed by atoms with van der Waals surface area (Å²) in [5, 5.41) is 1.75. The Kier molecular flexibility index (Phi) is 7.89. The van der Waals surface area contributed by atoms with Gasteiger partial charge in [0.1, 0.15) is 11.0 Å². The standard InChI is InChI=1S/C24H26N2O6S/c1-30-19-7-9-20(10-8-19)33(28,29)23(18-5-4-12-25-15-18)16-26-24(27)14-17-6-11-21(31-2)22(13-17)32-3/h4-13,15,23H,14,16H2,1-3H3,(H,26,27). The van der Waals surface area contributed by atoms with Gasteiger partial charge in [0.05, 0.1) is 32.6 Å². The Balaban J connectivity index is 1.79. The first-order valence-electron chi connectivity index (χ1n) is 10.1. The fourth-order valence-electron chi connectivity index (χ4n) is 3.35. The minimum Gasteiger partial charge on any atom is -0.497 e. The Morgan fingerprint density at radius 1 is 0.970 bits per heavy atom. The number of carbonyl (C=O) groups is 1. The van der Waals surface area contributed by atoms with Gasteiger partial charge in [-0.15, -0.1) is 0 Å². The molecule has 0 saturated carbocycles. The smallest absolute Gasteiger partial charge is 0.224 e. The van der Waals surface area contributed by atoms with Crippen molar-refractivity contribution in [3.63, 3.8) is 0 Å². The minimum absolute atomic E-state index is 0.0582. The molecule has 33 heavy (non-hydrogen) atoms. The maximum absolute atomic E-state index is 13.4. The third kappa shape index (κ3) is 5.81. The van der Waals surface area contributed by atoms with E-state index in [9.17, 15) is 13.2 Å². The topological polar surface area (TPSA) is 104 Å². The van der Waals surface area contributed by atoms with Crippen LogP contribution in [0.4, 0.5) is 0 Å². The highest BCUT2D eigenvalue weighted by Gasteiger charge is 2.30. The number of aromatic nitrogens is 1. The number of pyridine rings is 1. The van der Waals surface area contributed by atoms with Gasteiger partial charge in [-0.05, 0) is 53.6 Å². The molecule has 174 valence electrons. The summed E-state index contributed by atoms with van der Waals surface area (Å²) in [4.78, 5) is 16.8. The summed E-state index contributed by atoms with van der Waals surface area (Å²) in [6.07, 6.45) is 3.12. The van der Waals surface area contributed by atoms with E-state index in [1.54, 1.807) is 48.7 Å². The molecule has 1 N–H and O–H groups in total. The van der Waals surface area contributed by atoms with Gasteiger partial charge in [-0.1, -0.05) is 12.1 Å². The van der Waals surface area contributed by atoms with Crippen molar-refractivity contribution >= 4 is 15.7 Å². The highest BCUT2D eigenvalue weighted by atomic mass is 32.2. The van der Waals surface area contributed by atoms with E-state index in [0.717, 1.165) is 0 Å². The van der Waals surface area contributed by atoms with Gasteiger partial charge in [0.2, 0.25) is 5.91 Å². The number of ether oxygens (including phenoxy) is 3. The molecule has 0 saturated heterocycles. The molecule has 8 nitrogen and oxygen atoms in total. The predicted molar refractivity (Wildman–Crippen MR) is 123 cm³/mol. The zero-order chi connectivity index (χ0) is 23.8. The minimum atomic E-state index is -3.81. The van der Waals surface area contributed by atoms with Crippen LogP contribution in [0.5, 0.6) is 17.2 Å². The van der Waals surface area contributed by atoms with E-state index in [0.29, 0.717) is 28.4 Å². The third-order valence-corrected chi connectivity index (χ3v) is 7.23. The van der Waals surface area contributed by atoms with Crippen molar-refractivity contribution in [3.05, 3.63) is 78.1 Å². The van der Waals surface area contributed by atoms with E-state index < -0.39 is 15.1 Å². The van der Waals surface area contributed by atoms with E-state index in [1.807, 2.05) is 0 Å². The van der Waals surface area contributed by atoms with Gasteiger partial charge in [-0.25, -0.2) is 8.42 Å². The maximum Gasteiger partial charge on any atom is 0.224 e. The van der Waals surface area contributed by atoms with Crippen molar-refractivity contribution in [1.82, 2.24) is 10.3 Å². The lowest BCUT2D eigenvalue weighted by Gasteiger charge is -2.19. The van der Waals surface area contributed by atoms with Crippen LogP contribution in [0.15, 0.2) is 71.9 Å². The lowest BCUT2D eigenvalue weighted by molar-refractivity contribution is -0.120. The molecule has 3 aromatic rings. The second kappa shape index (κ2) is 10.8. The summed E-state index contributed by atoms with van der Waals surface area (Å²) in [6, 6.07) is 14.7. The van der Waals surface area contributed by atoms with Crippen LogP contribution >= 0.6 is 0 Å². The number of benzene rings is 2. The Morgan fingerprint density at radius 2 is 1.70 bits per heavy atom. The molecule has 1 atom stereocenters. The molecular weight excluding hydrogens is 444 g/mol. The molecule has 2 aromatic carbocycles. The van der Waals surface area contributed by atoms with E-state index in [2.05, 4.69) is 10.3 Å². The van der Waals surface area contributed by atoms with Crippen molar-refractivity contribution in [2.45, 2.75) is 16.6 Å². The fraction of sp³-hybridized carbons (Fsp3) is 0.250. The molecule has 1 unspecified atom stereocenters. The summed E-state index contributed by atoms with van der Waals surface area (Å²) >= 11 is 0. The Hall–Kier alpha value is -3.59. The zero-order valence-electron chi connectivity index (χ0n) is 18.6. The number of hydrogen-bond donors (Lipinski definition) is 1. The van der Waals surface area contributed by atoms with Gasteiger partial charge >= 0.3 is 0 Å². The van der Waals surface area contributed by atoms with Gasteiger partial charge in [-0.3, -0.25) is 9.78 Å². The molecular formula is C24H26N2O6S. The van der Waals surface area contributed by atoms with Gasteiger partial charge in [0.15, 0.2) is 21.3 Å². The summed E-state index contributed by atoms with van der Waals surface area (Å²) in [5.41, 5.74) is 1.20. The number of hydrogen-bond acceptors (Lipinski definition) is 7. The molecule has 0 aliphatic rings. The molecule has 0 fully saturated rings. The number of carbonyl (C=O) groups excluding carboxylic acids is 1. The molecule has 0 spiro atoms.